The van der Waals surface area contributed by atoms with E-state index in [4.69, 9.17) is 5.26 Å². The van der Waals surface area contributed by atoms with Crippen LogP contribution in [0.15, 0.2) is 42.5 Å². The van der Waals surface area contributed by atoms with Gasteiger partial charge in [-0.1, -0.05) is 30.3 Å². The third kappa shape index (κ3) is 1.87. The highest BCUT2D eigenvalue weighted by molar-refractivity contribution is 5.68. The van der Waals surface area contributed by atoms with Gasteiger partial charge in [-0.25, -0.2) is 4.98 Å². The Kier molecular flexibility index (Phi) is 2.47. The van der Waals surface area contributed by atoms with Crippen molar-refractivity contribution in [3.8, 4) is 17.2 Å². The van der Waals surface area contributed by atoms with Gasteiger partial charge in [-0.2, -0.15) is 5.26 Å². The Labute approximate surface area is 88.8 Å². The molecule has 15 heavy (non-hydrogen) atoms. The van der Waals surface area contributed by atoms with Gasteiger partial charge < -0.3 is 0 Å². The Hall–Kier alpha value is -2.14. The molecule has 1 heterocycles. The summed E-state index contributed by atoms with van der Waals surface area (Å²) < 4.78 is 0. The van der Waals surface area contributed by atoms with Gasteiger partial charge in [0.2, 0.25) is 0 Å². The van der Waals surface area contributed by atoms with Gasteiger partial charge in [-0.3, -0.25) is 0 Å². The first-order chi connectivity index (χ1) is 7.31. The lowest BCUT2D eigenvalue weighted by Gasteiger charge is -2.03. The molecule has 2 nitrogen and oxygen atoms in total. The molecule has 0 aliphatic rings. The minimum atomic E-state index is 0.487. The minimum absolute atomic E-state index is 0.487. The maximum Gasteiger partial charge on any atom is 0.148 e. The van der Waals surface area contributed by atoms with Gasteiger partial charge in [0.05, 0.1) is 0 Å². The molecule has 0 unspecified atom stereocenters. The van der Waals surface area contributed by atoms with E-state index < -0.39 is 0 Å². The molecule has 1 aromatic heterocycles. The Bertz CT molecular complexity index is 510. The molecule has 0 fully saturated rings. The maximum absolute atomic E-state index is 8.99. The van der Waals surface area contributed by atoms with Gasteiger partial charge in [-0.05, 0) is 24.6 Å². The summed E-state index contributed by atoms with van der Waals surface area (Å²) in [7, 11) is 0. The van der Waals surface area contributed by atoms with Crippen LogP contribution in [0.5, 0.6) is 0 Å². The molecule has 0 saturated carbocycles. The SMILES string of the molecule is Cc1ccc(-c2ccccc2)c(C#N)n1. The number of pyridine rings is 1. The average Bonchev–Trinajstić information content (AvgIpc) is 2.30. The van der Waals surface area contributed by atoms with Crippen LogP contribution in [0.25, 0.3) is 11.1 Å². The van der Waals surface area contributed by atoms with Crippen molar-refractivity contribution in [3.63, 3.8) is 0 Å². The summed E-state index contributed by atoms with van der Waals surface area (Å²) in [6, 6.07) is 15.8. The molecule has 2 heteroatoms. The summed E-state index contributed by atoms with van der Waals surface area (Å²) in [6.45, 7) is 1.88. The summed E-state index contributed by atoms with van der Waals surface area (Å²) >= 11 is 0. The monoisotopic (exact) mass is 194 g/mol. The Morgan fingerprint density at radius 3 is 2.47 bits per heavy atom. The van der Waals surface area contributed by atoms with E-state index in [9.17, 15) is 0 Å². The van der Waals surface area contributed by atoms with Crippen LogP contribution < -0.4 is 0 Å². The van der Waals surface area contributed by atoms with E-state index in [1.165, 1.54) is 0 Å². The van der Waals surface area contributed by atoms with E-state index in [-0.39, 0.29) is 0 Å². The highest BCUT2D eigenvalue weighted by Gasteiger charge is 2.05. The first-order valence-electron chi connectivity index (χ1n) is 4.74. The second-order valence-corrected chi connectivity index (χ2v) is 3.33. The second-order valence-electron chi connectivity index (χ2n) is 3.33. The van der Waals surface area contributed by atoms with Gasteiger partial charge in [-0.15, -0.1) is 0 Å². The van der Waals surface area contributed by atoms with Gasteiger partial charge in [0.25, 0.3) is 0 Å². The summed E-state index contributed by atoms with van der Waals surface area (Å²) in [5.41, 5.74) is 3.28. The van der Waals surface area contributed by atoms with Crippen molar-refractivity contribution in [1.29, 1.82) is 5.26 Å². The second kappa shape index (κ2) is 3.93. The molecule has 0 N–H and O–H groups in total. The molecule has 2 aromatic rings. The fourth-order valence-corrected chi connectivity index (χ4v) is 1.49. The van der Waals surface area contributed by atoms with Crippen molar-refractivity contribution >= 4 is 0 Å². The molecule has 0 radical (unpaired) electrons. The maximum atomic E-state index is 8.99. The molecule has 0 saturated heterocycles. The van der Waals surface area contributed by atoms with E-state index in [0.29, 0.717) is 5.69 Å². The van der Waals surface area contributed by atoms with Crippen LogP contribution in [-0.4, -0.2) is 4.98 Å². The standard InChI is InChI=1S/C13H10N2/c1-10-7-8-12(13(9-14)15-10)11-5-3-2-4-6-11/h2-8H,1H3. The molecule has 72 valence electrons. The van der Waals surface area contributed by atoms with E-state index in [1.54, 1.807) is 0 Å². The predicted molar refractivity (Wildman–Crippen MR) is 59.1 cm³/mol. The van der Waals surface area contributed by atoms with Crippen LogP contribution in [0.2, 0.25) is 0 Å². The van der Waals surface area contributed by atoms with Crippen LogP contribution in [0.3, 0.4) is 0 Å². The average molecular weight is 194 g/mol. The Morgan fingerprint density at radius 1 is 1.07 bits per heavy atom. The van der Waals surface area contributed by atoms with E-state index in [2.05, 4.69) is 11.1 Å². The summed E-state index contributed by atoms with van der Waals surface area (Å²) in [6.07, 6.45) is 0. The van der Waals surface area contributed by atoms with Gasteiger partial charge in [0.15, 0.2) is 0 Å². The lowest BCUT2D eigenvalue weighted by molar-refractivity contribution is 1.17. The van der Waals surface area contributed by atoms with Crippen molar-refractivity contribution in [2.24, 2.45) is 0 Å². The van der Waals surface area contributed by atoms with E-state index >= 15 is 0 Å². The number of rotatable bonds is 1. The van der Waals surface area contributed by atoms with Gasteiger partial charge in [0.1, 0.15) is 11.8 Å². The van der Waals surface area contributed by atoms with Crippen molar-refractivity contribution in [3.05, 3.63) is 53.9 Å². The van der Waals surface area contributed by atoms with E-state index in [1.807, 2.05) is 49.4 Å². The smallest absolute Gasteiger partial charge is 0.148 e. The van der Waals surface area contributed by atoms with Crippen molar-refractivity contribution in [2.75, 3.05) is 0 Å². The largest absolute Gasteiger partial charge is 0.242 e. The zero-order chi connectivity index (χ0) is 10.7. The number of hydrogen-bond acceptors (Lipinski definition) is 2. The van der Waals surface area contributed by atoms with Crippen LogP contribution in [0, 0.1) is 18.3 Å². The molecule has 0 aliphatic heterocycles. The molecule has 0 atom stereocenters. The number of aromatic nitrogens is 1. The molecule has 1 aromatic carbocycles. The first kappa shape index (κ1) is 9.42. The normalized spacial score (nSPS) is 9.60. The van der Waals surface area contributed by atoms with Crippen molar-refractivity contribution < 1.29 is 0 Å². The number of hydrogen-bond donors (Lipinski definition) is 0. The highest BCUT2D eigenvalue weighted by Crippen LogP contribution is 2.21. The predicted octanol–water partition coefficient (Wildman–Crippen LogP) is 2.93. The lowest BCUT2D eigenvalue weighted by atomic mass is 10.0. The van der Waals surface area contributed by atoms with Crippen LogP contribution in [0.1, 0.15) is 11.4 Å². The third-order valence-electron chi connectivity index (χ3n) is 2.23. The molecule has 0 spiro atoms. The fraction of sp³-hybridized carbons (Fsp3) is 0.0769. The topological polar surface area (TPSA) is 36.7 Å². The first-order valence-corrected chi connectivity index (χ1v) is 4.74. The third-order valence-corrected chi connectivity index (χ3v) is 2.23. The molecular weight excluding hydrogens is 184 g/mol. The van der Waals surface area contributed by atoms with Gasteiger partial charge in [0, 0.05) is 11.3 Å². The fourth-order valence-electron chi connectivity index (χ4n) is 1.49. The molecule has 0 amide bonds. The Balaban J connectivity index is 2.60. The van der Waals surface area contributed by atoms with Crippen LogP contribution in [0.4, 0.5) is 0 Å². The lowest BCUT2D eigenvalue weighted by Crippen LogP contribution is -1.90. The number of nitrogens with zero attached hydrogens (tertiary/aromatic N) is 2. The molecular formula is C13H10N2. The summed E-state index contributed by atoms with van der Waals surface area (Å²) in [5.74, 6) is 0. The van der Waals surface area contributed by atoms with Crippen molar-refractivity contribution in [2.45, 2.75) is 6.92 Å². The number of benzene rings is 1. The van der Waals surface area contributed by atoms with Crippen LogP contribution >= 0.6 is 0 Å². The molecule has 0 bridgehead atoms. The molecule has 2 rings (SSSR count). The van der Waals surface area contributed by atoms with Crippen LogP contribution in [-0.2, 0) is 0 Å². The zero-order valence-corrected chi connectivity index (χ0v) is 8.44. The minimum Gasteiger partial charge on any atom is -0.242 e. The molecule has 0 aliphatic carbocycles. The zero-order valence-electron chi connectivity index (χ0n) is 8.44. The summed E-state index contributed by atoms with van der Waals surface area (Å²) in [5, 5.41) is 8.99. The van der Waals surface area contributed by atoms with Crippen molar-refractivity contribution in [1.82, 2.24) is 4.98 Å². The van der Waals surface area contributed by atoms with Gasteiger partial charge >= 0.3 is 0 Å². The quantitative estimate of drug-likeness (QED) is 0.699. The van der Waals surface area contributed by atoms with E-state index in [0.717, 1.165) is 16.8 Å². The number of nitriles is 1. The summed E-state index contributed by atoms with van der Waals surface area (Å²) in [4.78, 5) is 4.21. The Morgan fingerprint density at radius 2 is 1.80 bits per heavy atom. The highest BCUT2D eigenvalue weighted by atomic mass is 14.7. The number of aryl methyl sites for hydroxylation is 1.